The van der Waals surface area contributed by atoms with Crippen molar-refractivity contribution in [2.24, 2.45) is 0 Å². The third kappa shape index (κ3) is 9.93. The van der Waals surface area contributed by atoms with Gasteiger partial charge >= 0.3 is 24.3 Å². The van der Waals surface area contributed by atoms with Crippen molar-refractivity contribution < 1.29 is 50.9 Å². The summed E-state index contributed by atoms with van der Waals surface area (Å²) in [7, 11) is 1.69. The topological polar surface area (TPSA) is 130 Å². The fraction of sp³-hybridized carbons (Fsp3) is 0.321. The van der Waals surface area contributed by atoms with E-state index in [1.54, 1.807) is 7.11 Å². The van der Waals surface area contributed by atoms with Crippen LogP contribution in [0, 0.1) is 0 Å². The lowest BCUT2D eigenvalue weighted by Crippen LogP contribution is -2.32. The van der Waals surface area contributed by atoms with E-state index in [4.69, 9.17) is 34.6 Å². The first-order chi connectivity index (χ1) is 20.7. The molecule has 1 fully saturated rings. The predicted octanol–water partition coefficient (Wildman–Crippen LogP) is 5.45. The summed E-state index contributed by atoms with van der Waals surface area (Å²) in [5.41, 5.74) is 4.43. The van der Waals surface area contributed by atoms with Gasteiger partial charge in [0.05, 0.1) is 7.11 Å². The Bertz CT molecular complexity index is 1510. The Morgan fingerprint density at radius 1 is 0.909 bits per heavy atom. The fourth-order valence-corrected chi connectivity index (χ4v) is 4.14. The van der Waals surface area contributed by atoms with Crippen LogP contribution >= 0.6 is 0 Å². The average molecular weight is 628 g/mol. The first-order valence-electron chi connectivity index (χ1n) is 12.9. The van der Waals surface area contributed by atoms with Crippen LogP contribution in [0.3, 0.4) is 0 Å². The number of hydrogen-bond donors (Lipinski definition) is 2. The SMILES string of the molecule is COc1cccc(-c2ccc3nc(C4CCN(Cc5ccncc5)CC4)nn3c2)c1.O=C(O)C(F)(F)F.O=C(O)C(F)(F)F. The Kier molecular flexibility index (Phi) is 11.2. The summed E-state index contributed by atoms with van der Waals surface area (Å²) in [5, 5.41) is 19.1. The van der Waals surface area contributed by atoms with E-state index in [-0.39, 0.29) is 0 Å². The Morgan fingerprint density at radius 2 is 1.50 bits per heavy atom. The fourth-order valence-electron chi connectivity index (χ4n) is 4.14. The molecule has 0 unspecified atom stereocenters. The van der Waals surface area contributed by atoms with Crippen molar-refractivity contribution in [3.05, 3.63) is 78.5 Å². The lowest BCUT2D eigenvalue weighted by molar-refractivity contribution is -0.193. The molecule has 1 aromatic carbocycles. The molecule has 44 heavy (non-hydrogen) atoms. The van der Waals surface area contributed by atoms with E-state index in [1.165, 1.54) is 5.56 Å². The van der Waals surface area contributed by atoms with Crippen molar-refractivity contribution in [2.75, 3.05) is 20.2 Å². The third-order valence-electron chi connectivity index (χ3n) is 6.34. The summed E-state index contributed by atoms with van der Waals surface area (Å²) in [6.07, 6.45) is -2.21. The van der Waals surface area contributed by atoms with Crippen molar-refractivity contribution in [3.63, 3.8) is 0 Å². The molecule has 1 aliphatic rings. The van der Waals surface area contributed by atoms with Crippen molar-refractivity contribution >= 4 is 17.6 Å². The summed E-state index contributed by atoms with van der Waals surface area (Å²) in [4.78, 5) is 29.2. The molecule has 0 radical (unpaired) electrons. The molecule has 4 heterocycles. The molecular formula is C28H27F6N5O5. The molecule has 2 N–H and O–H groups in total. The van der Waals surface area contributed by atoms with Gasteiger partial charge in [-0.05, 0) is 73.5 Å². The van der Waals surface area contributed by atoms with Gasteiger partial charge in [0.15, 0.2) is 11.5 Å². The summed E-state index contributed by atoms with van der Waals surface area (Å²) in [6, 6.07) is 16.4. The Hall–Kier alpha value is -4.73. The number of carboxylic acids is 2. The highest BCUT2D eigenvalue weighted by atomic mass is 19.4. The molecule has 4 aromatic rings. The largest absolute Gasteiger partial charge is 0.497 e. The second kappa shape index (κ2) is 14.6. The molecule has 1 saturated heterocycles. The van der Waals surface area contributed by atoms with E-state index < -0.39 is 24.3 Å². The number of halogens is 6. The molecule has 0 bridgehead atoms. The molecule has 0 saturated carbocycles. The van der Waals surface area contributed by atoms with Gasteiger partial charge in [0.25, 0.3) is 0 Å². The second-order valence-corrected chi connectivity index (χ2v) is 9.43. The lowest BCUT2D eigenvalue weighted by Gasteiger charge is -2.30. The molecule has 0 atom stereocenters. The normalized spacial score (nSPS) is 14.2. The van der Waals surface area contributed by atoms with Crippen LogP contribution in [0.5, 0.6) is 5.75 Å². The van der Waals surface area contributed by atoms with E-state index in [0.29, 0.717) is 5.92 Å². The highest BCUT2D eigenvalue weighted by Gasteiger charge is 2.38. The maximum Gasteiger partial charge on any atom is 0.490 e. The van der Waals surface area contributed by atoms with Crippen LogP contribution in [-0.2, 0) is 16.1 Å². The summed E-state index contributed by atoms with van der Waals surface area (Å²) in [6.45, 7) is 3.12. The molecule has 0 spiro atoms. The van der Waals surface area contributed by atoms with Gasteiger partial charge in [-0.25, -0.2) is 19.1 Å². The number of aliphatic carboxylic acids is 2. The third-order valence-corrected chi connectivity index (χ3v) is 6.34. The number of carbonyl (C=O) groups is 2. The highest BCUT2D eigenvalue weighted by Crippen LogP contribution is 2.28. The van der Waals surface area contributed by atoms with E-state index in [0.717, 1.165) is 60.8 Å². The zero-order chi connectivity index (χ0) is 32.5. The first-order valence-corrected chi connectivity index (χ1v) is 12.9. The van der Waals surface area contributed by atoms with E-state index >= 15 is 0 Å². The van der Waals surface area contributed by atoms with Gasteiger partial charge in [-0.1, -0.05) is 12.1 Å². The maximum absolute atomic E-state index is 10.6. The van der Waals surface area contributed by atoms with Crippen molar-refractivity contribution in [1.29, 1.82) is 0 Å². The van der Waals surface area contributed by atoms with Gasteiger partial charge in [0, 0.05) is 36.6 Å². The lowest BCUT2D eigenvalue weighted by atomic mass is 9.96. The molecule has 3 aromatic heterocycles. The van der Waals surface area contributed by atoms with Crippen molar-refractivity contribution in [1.82, 2.24) is 24.5 Å². The number of pyridine rings is 2. The molecule has 0 aliphatic carbocycles. The van der Waals surface area contributed by atoms with Gasteiger partial charge in [-0.3, -0.25) is 9.88 Å². The van der Waals surface area contributed by atoms with Crippen molar-refractivity contribution in [3.8, 4) is 16.9 Å². The zero-order valence-electron chi connectivity index (χ0n) is 23.1. The maximum atomic E-state index is 10.6. The van der Waals surface area contributed by atoms with Crippen LogP contribution < -0.4 is 4.74 Å². The molecule has 1 aliphatic heterocycles. The number of hydrogen-bond acceptors (Lipinski definition) is 7. The number of alkyl halides is 6. The number of rotatable bonds is 5. The first kappa shape index (κ1) is 33.8. The summed E-state index contributed by atoms with van der Waals surface area (Å²) in [5.74, 6) is -3.29. The molecule has 16 heteroatoms. The highest BCUT2D eigenvalue weighted by molar-refractivity contribution is 5.73. The van der Waals surface area contributed by atoms with E-state index in [9.17, 15) is 26.3 Å². The zero-order valence-corrected chi connectivity index (χ0v) is 23.1. The van der Waals surface area contributed by atoms with Crippen LogP contribution in [0.15, 0.2) is 67.1 Å². The minimum atomic E-state index is -5.08. The van der Waals surface area contributed by atoms with Crippen LogP contribution in [0.2, 0.25) is 0 Å². The number of benzene rings is 1. The number of methoxy groups -OCH3 is 1. The number of likely N-dealkylation sites (tertiary alicyclic amines) is 1. The number of carboxylic acid groups (broad SMARTS) is 2. The summed E-state index contributed by atoms with van der Waals surface area (Å²) < 4.78 is 70.7. The van der Waals surface area contributed by atoms with E-state index in [1.807, 2.05) is 41.2 Å². The smallest absolute Gasteiger partial charge is 0.490 e. The average Bonchev–Trinajstić information content (AvgIpc) is 3.41. The van der Waals surface area contributed by atoms with Gasteiger partial charge in [0.2, 0.25) is 0 Å². The van der Waals surface area contributed by atoms with Gasteiger partial charge in [-0.15, -0.1) is 0 Å². The predicted molar refractivity (Wildman–Crippen MR) is 144 cm³/mol. The molecule has 0 amide bonds. The minimum Gasteiger partial charge on any atom is -0.497 e. The number of ether oxygens (including phenoxy) is 1. The minimum absolute atomic E-state index is 0.416. The summed E-state index contributed by atoms with van der Waals surface area (Å²) >= 11 is 0. The number of aromatic nitrogens is 4. The molecular weight excluding hydrogens is 600 g/mol. The molecule has 5 rings (SSSR count). The Labute approximate surface area is 246 Å². The van der Waals surface area contributed by atoms with Gasteiger partial charge < -0.3 is 14.9 Å². The van der Waals surface area contributed by atoms with Gasteiger partial charge in [-0.2, -0.15) is 31.4 Å². The van der Waals surface area contributed by atoms with Crippen molar-refractivity contribution in [2.45, 2.75) is 37.7 Å². The number of fused-ring (bicyclic) bond motifs is 1. The van der Waals surface area contributed by atoms with Crippen LogP contribution in [-0.4, -0.2) is 79.2 Å². The van der Waals surface area contributed by atoms with E-state index in [2.05, 4.69) is 40.3 Å². The quantitative estimate of drug-likeness (QED) is 0.278. The van der Waals surface area contributed by atoms with Crippen LogP contribution in [0.1, 0.15) is 30.1 Å². The number of piperidine rings is 1. The van der Waals surface area contributed by atoms with Crippen LogP contribution in [0.4, 0.5) is 26.3 Å². The van der Waals surface area contributed by atoms with Gasteiger partial charge in [0.1, 0.15) is 5.75 Å². The Morgan fingerprint density at radius 3 is 2.05 bits per heavy atom. The second-order valence-electron chi connectivity index (χ2n) is 9.43. The monoisotopic (exact) mass is 627 g/mol. The standard InChI is InChI=1S/C24H25N5O.2C2HF3O2/c1-30-22-4-2-3-20(15-22)21-5-6-23-26-24(27-29(23)17-21)19-9-13-28(14-10-19)16-18-7-11-25-12-8-18;2*3-2(4,5)1(6)7/h2-8,11-12,15,17,19H,9-10,13-14,16H2,1H3;2*(H,6,7). The number of nitrogens with zero attached hydrogens (tertiary/aromatic N) is 5. The molecule has 10 nitrogen and oxygen atoms in total. The van der Waals surface area contributed by atoms with Crippen LogP contribution in [0.25, 0.3) is 16.8 Å². The Balaban J connectivity index is 0.000000317. The molecule has 236 valence electrons.